The molecule has 0 aliphatic heterocycles. The number of hydrogen-bond donors (Lipinski definition) is 1. The van der Waals surface area contributed by atoms with E-state index >= 15 is 0 Å². The van der Waals surface area contributed by atoms with Crippen molar-refractivity contribution >= 4 is 21.4 Å². The fourth-order valence-corrected chi connectivity index (χ4v) is 4.91. The summed E-state index contributed by atoms with van der Waals surface area (Å²) in [7, 11) is -3.46. The lowest BCUT2D eigenvalue weighted by atomic mass is 10.2. The Labute approximate surface area is 144 Å². The number of hydrogen-bond acceptors (Lipinski definition) is 3. The van der Waals surface area contributed by atoms with Gasteiger partial charge in [-0.05, 0) is 49.2 Å². The van der Waals surface area contributed by atoms with Crippen LogP contribution in [0.4, 0.5) is 14.5 Å². The van der Waals surface area contributed by atoms with E-state index in [-0.39, 0.29) is 10.6 Å². The molecule has 1 fully saturated rings. The maximum atomic E-state index is 13.7. The summed E-state index contributed by atoms with van der Waals surface area (Å²) in [6.07, 6.45) is 3.04. The van der Waals surface area contributed by atoms with Crippen LogP contribution in [0.2, 0.25) is 0 Å². The van der Waals surface area contributed by atoms with Gasteiger partial charge in [0.1, 0.15) is 11.6 Å². The average Bonchev–Trinajstić information content (AvgIpc) is 3.12. The normalized spacial score (nSPS) is 15.3. The average molecular weight is 365 g/mol. The lowest BCUT2D eigenvalue weighted by Gasteiger charge is -2.13. The van der Waals surface area contributed by atoms with Gasteiger partial charge in [-0.15, -0.1) is 0 Å². The molecule has 2 aromatic rings. The maximum Gasteiger partial charge on any atom is 0.258 e. The van der Waals surface area contributed by atoms with Gasteiger partial charge in [0, 0.05) is 5.69 Å². The van der Waals surface area contributed by atoms with Gasteiger partial charge in [0.15, 0.2) is 9.84 Å². The van der Waals surface area contributed by atoms with Crippen LogP contribution in [-0.4, -0.2) is 19.6 Å². The highest BCUT2D eigenvalue weighted by Gasteiger charge is 2.30. The fourth-order valence-electron chi connectivity index (χ4n) is 3.01. The summed E-state index contributed by atoms with van der Waals surface area (Å²) in [6.45, 7) is 0. The molecule has 3 rings (SSSR count). The lowest BCUT2D eigenvalue weighted by molar-refractivity contribution is 0.102. The summed E-state index contributed by atoms with van der Waals surface area (Å²) < 4.78 is 52.1. The second kappa shape index (κ2) is 6.92. The molecule has 4 nitrogen and oxygen atoms in total. The Morgan fingerprint density at radius 3 is 2.48 bits per heavy atom. The zero-order chi connectivity index (χ0) is 18.0. The summed E-state index contributed by atoms with van der Waals surface area (Å²) in [5.74, 6) is -2.43. The molecule has 7 heteroatoms. The largest absolute Gasteiger partial charge is 0.322 e. The van der Waals surface area contributed by atoms with Crippen LogP contribution in [0.25, 0.3) is 0 Å². The van der Waals surface area contributed by atoms with Crippen molar-refractivity contribution in [1.29, 1.82) is 0 Å². The van der Waals surface area contributed by atoms with Gasteiger partial charge in [-0.2, -0.15) is 0 Å². The van der Waals surface area contributed by atoms with E-state index in [0.717, 1.165) is 31.0 Å². The van der Waals surface area contributed by atoms with E-state index < -0.39 is 38.2 Å². The number of benzene rings is 2. The molecule has 1 amide bonds. The van der Waals surface area contributed by atoms with Gasteiger partial charge in [0.2, 0.25) is 0 Å². The topological polar surface area (TPSA) is 63.2 Å². The Balaban J connectivity index is 1.84. The van der Waals surface area contributed by atoms with Crippen molar-refractivity contribution in [2.75, 3.05) is 5.32 Å². The molecule has 1 saturated carbocycles. The van der Waals surface area contributed by atoms with E-state index in [0.29, 0.717) is 12.8 Å². The van der Waals surface area contributed by atoms with E-state index in [1.54, 1.807) is 0 Å². The number of halogens is 2. The van der Waals surface area contributed by atoms with Crippen LogP contribution < -0.4 is 5.32 Å². The van der Waals surface area contributed by atoms with Crippen molar-refractivity contribution in [3.8, 4) is 0 Å². The first kappa shape index (κ1) is 17.5. The molecule has 0 bridgehead atoms. The van der Waals surface area contributed by atoms with E-state index in [1.165, 1.54) is 24.3 Å². The van der Waals surface area contributed by atoms with Gasteiger partial charge >= 0.3 is 0 Å². The van der Waals surface area contributed by atoms with E-state index in [1.807, 2.05) is 0 Å². The van der Waals surface area contributed by atoms with Crippen molar-refractivity contribution in [2.45, 2.75) is 35.8 Å². The molecular formula is C18H17F2NO3S. The molecule has 2 aromatic carbocycles. The monoisotopic (exact) mass is 365 g/mol. The van der Waals surface area contributed by atoms with Gasteiger partial charge < -0.3 is 5.32 Å². The Morgan fingerprint density at radius 2 is 1.76 bits per heavy atom. The molecule has 0 radical (unpaired) electrons. The number of nitrogens with one attached hydrogen (secondary N) is 1. The summed E-state index contributed by atoms with van der Waals surface area (Å²) in [5, 5.41) is 2.02. The smallest absolute Gasteiger partial charge is 0.258 e. The van der Waals surface area contributed by atoms with Crippen LogP contribution in [0.5, 0.6) is 0 Å². The number of carbonyl (C=O) groups is 1. The van der Waals surface area contributed by atoms with Crippen LogP contribution >= 0.6 is 0 Å². The quantitative estimate of drug-likeness (QED) is 0.893. The fraction of sp³-hybridized carbons (Fsp3) is 0.278. The molecule has 0 saturated heterocycles. The predicted octanol–water partition coefficient (Wildman–Crippen LogP) is 3.93. The second-order valence-corrected chi connectivity index (χ2v) is 8.29. The number of amides is 1. The van der Waals surface area contributed by atoms with Crippen LogP contribution in [0.1, 0.15) is 36.0 Å². The summed E-state index contributed by atoms with van der Waals surface area (Å²) in [6, 6.07) is 8.42. The molecule has 25 heavy (non-hydrogen) atoms. The molecule has 0 spiro atoms. The molecule has 1 aliphatic carbocycles. The van der Waals surface area contributed by atoms with Crippen LogP contribution in [0.15, 0.2) is 47.4 Å². The molecule has 1 aliphatic rings. The molecule has 0 heterocycles. The standard InChI is InChI=1S/C18H17F2NO3S/c19-12-8-9-17(20)16(10-12)18(22)21-13-4-3-7-15(11-13)25(23,24)14-5-1-2-6-14/h3-4,7-11,14H,1-2,5-6H2,(H,21,22). The van der Waals surface area contributed by atoms with Crippen molar-refractivity contribution in [3.05, 3.63) is 59.7 Å². The second-order valence-electron chi connectivity index (χ2n) is 6.06. The zero-order valence-corrected chi connectivity index (χ0v) is 14.2. The van der Waals surface area contributed by atoms with Gasteiger partial charge in [-0.25, -0.2) is 17.2 Å². The van der Waals surface area contributed by atoms with E-state index in [9.17, 15) is 22.0 Å². The Morgan fingerprint density at radius 1 is 1.04 bits per heavy atom. The minimum absolute atomic E-state index is 0.122. The van der Waals surface area contributed by atoms with Crippen LogP contribution in [-0.2, 0) is 9.84 Å². The minimum Gasteiger partial charge on any atom is -0.322 e. The third-order valence-electron chi connectivity index (χ3n) is 4.33. The van der Waals surface area contributed by atoms with E-state index in [2.05, 4.69) is 5.32 Å². The first-order valence-electron chi connectivity index (χ1n) is 7.98. The van der Waals surface area contributed by atoms with Gasteiger partial charge in [-0.1, -0.05) is 18.9 Å². The third-order valence-corrected chi connectivity index (χ3v) is 6.59. The maximum absolute atomic E-state index is 13.7. The van der Waals surface area contributed by atoms with Gasteiger partial charge in [0.25, 0.3) is 5.91 Å². The van der Waals surface area contributed by atoms with Gasteiger partial charge in [0.05, 0.1) is 15.7 Å². The van der Waals surface area contributed by atoms with E-state index in [4.69, 9.17) is 0 Å². The minimum atomic E-state index is -3.46. The highest BCUT2D eigenvalue weighted by molar-refractivity contribution is 7.92. The highest BCUT2D eigenvalue weighted by Crippen LogP contribution is 2.30. The SMILES string of the molecule is O=C(Nc1cccc(S(=O)(=O)C2CCCC2)c1)c1cc(F)ccc1F. The Hall–Kier alpha value is -2.28. The van der Waals surface area contributed by atoms with Crippen molar-refractivity contribution < 1.29 is 22.0 Å². The summed E-state index contributed by atoms with van der Waals surface area (Å²) >= 11 is 0. The molecule has 132 valence electrons. The van der Waals surface area contributed by atoms with Crippen molar-refractivity contribution in [1.82, 2.24) is 0 Å². The molecule has 0 unspecified atom stereocenters. The van der Waals surface area contributed by atoms with Gasteiger partial charge in [-0.3, -0.25) is 4.79 Å². The third kappa shape index (κ3) is 3.71. The number of sulfone groups is 1. The van der Waals surface area contributed by atoms with Crippen LogP contribution in [0.3, 0.4) is 0 Å². The highest BCUT2D eigenvalue weighted by atomic mass is 32.2. The molecule has 0 aromatic heterocycles. The Kier molecular flexibility index (Phi) is 4.85. The lowest BCUT2D eigenvalue weighted by Crippen LogP contribution is -2.18. The Bertz CT molecular complexity index is 906. The van der Waals surface area contributed by atoms with Crippen molar-refractivity contribution in [3.63, 3.8) is 0 Å². The zero-order valence-electron chi connectivity index (χ0n) is 13.3. The van der Waals surface area contributed by atoms with Crippen molar-refractivity contribution in [2.24, 2.45) is 0 Å². The molecule has 1 N–H and O–H groups in total. The molecule has 0 atom stereocenters. The number of anilines is 1. The molecular weight excluding hydrogens is 348 g/mol. The number of rotatable bonds is 4. The predicted molar refractivity (Wildman–Crippen MR) is 90.2 cm³/mol. The summed E-state index contributed by atoms with van der Waals surface area (Å²) in [5.41, 5.74) is -0.225. The first-order valence-corrected chi connectivity index (χ1v) is 9.53. The van der Waals surface area contributed by atoms with Crippen LogP contribution in [0, 0.1) is 11.6 Å². The summed E-state index contributed by atoms with van der Waals surface area (Å²) in [4.78, 5) is 12.3. The number of carbonyl (C=O) groups excluding carboxylic acids is 1. The first-order chi connectivity index (χ1) is 11.9.